The Balaban J connectivity index is 1.63. The largest absolute Gasteiger partial charge is 0.352 e. The van der Waals surface area contributed by atoms with Gasteiger partial charge in [-0.05, 0) is 68.7 Å². The Kier molecular flexibility index (Phi) is 7.32. The second kappa shape index (κ2) is 9.75. The molecule has 0 atom stereocenters. The number of hydrogen-bond acceptors (Lipinski definition) is 3. The van der Waals surface area contributed by atoms with Crippen LogP contribution in [0.3, 0.4) is 0 Å². The molecule has 0 aliphatic carbocycles. The molecule has 0 saturated carbocycles. The first-order valence-corrected chi connectivity index (χ1v) is 12.2. The fourth-order valence-corrected chi connectivity index (χ4v) is 5.33. The maximum Gasteiger partial charge on any atom is 0.251 e. The van der Waals surface area contributed by atoms with Gasteiger partial charge in [0.05, 0.1) is 4.90 Å². The minimum absolute atomic E-state index is 0.201. The highest BCUT2D eigenvalue weighted by Crippen LogP contribution is 2.25. The number of nitrogens with zero attached hydrogens (tertiary/aromatic N) is 1. The van der Waals surface area contributed by atoms with Gasteiger partial charge in [-0.15, -0.1) is 0 Å². The van der Waals surface area contributed by atoms with Crippen molar-refractivity contribution in [3.8, 4) is 0 Å². The number of rotatable bonds is 7. The monoisotopic (exact) mass is 428 g/mol. The molecule has 1 saturated heterocycles. The summed E-state index contributed by atoms with van der Waals surface area (Å²) in [6, 6.07) is 13.2. The second-order valence-corrected chi connectivity index (χ2v) is 10.3. The molecule has 0 bridgehead atoms. The van der Waals surface area contributed by atoms with E-state index in [4.69, 9.17) is 0 Å². The van der Waals surface area contributed by atoms with E-state index in [1.807, 2.05) is 13.0 Å². The van der Waals surface area contributed by atoms with E-state index >= 15 is 0 Å². The molecule has 2 aromatic carbocycles. The van der Waals surface area contributed by atoms with Crippen LogP contribution in [0.4, 0.5) is 0 Å². The summed E-state index contributed by atoms with van der Waals surface area (Å²) < 4.78 is 27.6. The van der Waals surface area contributed by atoms with Crippen molar-refractivity contribution >= 4 is 15.9 Å². The first-order chi connectivity index (χ1) is 14.3. The Morgan fingerprint density at radius 1 is 1.10 bits per heavy atom. The van der Waals surface area contributed by atoms with Crippen LogP contribution in [0.5, 0.6) is 0 Å². The third kappa shape index (κ3) is 5.49. The standard InChI is InChI=1S/C24H32N2O3S/c1-18-11-14-26(15-12-18)30(28,29)22-10-9-20(3)23(17-22)24(27)25-13-5-8-21-7-4-6-19(2)16-21/h4,6-7,9-10,16-18H,5,8,11-15H2,1-3H3,(H,25,27). The Morgan fingerprint density at radius 2 is 1.83 bits per heavy atom. The normalized spacial score (nSPS) is 15.8. The van der Waals surface area contributed by atoms with Crippen LogP contribution in [0, 0.1) is 19.8 Å². The van der Waals surface area contributed by atoms with E-state index < -0.39 is 10.0 Å². The molecule has 0 unspecified atom stereocenters. The molecule has 1 fully saturated rings. The van der Waals surface area contributed by atoms with Crippen LogP contribution in [0.25, 0.3) is 0 Å². The molecule has 5 nitrogen and oxygen atoms in total. The number of nitrogens with one attached hydrogen (secondary N) is 1. The molecule has 6 heteroatoms. The van der Waals surface area contributed by atoms with Gasteiger partial charge in [-0.2, -0.15) is 4.31 Å². The van der Waals surface area contributed by atoms with Gasteiger partial charge in [-0.3, -0.25) is 4.79 Å². The second-order valence-electron chi connectivity index (χ2n) is 8.41. The lowest BCUT2D eigenvalue weighted by Gasteiger charge is -2.29. The quantitative estimate of drug-likeness (QED) is 0.676. The SMILES string of the molecule is Cc1cccc(CCCNC(=O)c2cc(S(=O)(=O)N3CCC(C)CC3)ccc2C)c1. The zero-order valence-electron chi connectivity index (χ0n) is 18.1. The summed E-state index contributed by atoms with van der Waals surface area (Å²) in [4.78, 5) is 12.9. The molecule has 1 aliphatic rings. The van der Waals surface area contributed by atoms with Crippen molar-refractivity contribution in [3.63, 3.8) is 0 Å². The highest BCUT2D eigenvalue weighted by Gasteiger charge is 2.28. The molecule has 1 heterocycles. The predicted molar refractivity (Wildman–Crippen MR) is 120 cm³/mol. The minimum atomic E-state index is -3.57. The summed E-state index contributed by atoms with van der Waals surface area (Å²) in [6.45, 7) is 7.68. The lowest BCUT2D eigenvalue weighted by Crippen LogP contribution is -2.38. The van der Waals surface area contributed by atoms with E-state index in [0.29, 0.717) is 31.1 Å². The van der Waals surface area contributed by atoms with Crippen LogP contribution in [-0.4, -0.2) is 38.3 Å². The molecule has 1 N–H and O–H groups in total. The Labute approximate surface area is 180 Å². The lowest BCUT2D eigenvalue weighted by atomic mass is 10.0. The molecular weight excluding hydrogens is 396 g/mol. The van der Waals surface area contributed by atoms with Crippen LogP contribution in [-0.2, 0) is 16.4 Å². The smallest absolute Gasteiger partial charge is 0.251 e. The van der Waals surface area contributed by atoms with Gasteiger partial charge in [0.15, 0.2) is 0 Å². The molecule has 0 aromatic heterocycles. The molecule has 2 aromatic rings. The molecule has 0 radical (unpaired) electrons. The fraction of sp³-hybridized carbons (Fsp3) is 0.458. The van der Waals surface area contributed by atoms with Crippen LogP contribution >= 0.6 is 0 Å². The van der Waals surface area contributed by atoms with Crippen molar-refractivity contribution in [2.45, 2.75) is 51.3 Å². The van der Waals surface area contributed by atoms with Crippen molar-refractivity contribution in [3.05, 3.63) is 64.7 Å². The maximum absolute atomic E-state index is 13.0. The van der Waals surface area contributed by atoms with Gasteiger partial charge in [0.2, 0.25) is 10.0 Å². The third-order valence-electron chi connectivity index (χ3n) is 5.84. The molecule has 1 aliphatic heterocycles. The topological polar surface area (TPSA) is 66.5 Å². The molecule has 3 rings (SSSR count). The van der Waals surface area contributed by atoms with Gasteiger partial charge in [0.25, 0.3) is 5.91 Å². The highest BCUT2D eigenvalue weighted by atomic mass is 32.2. The summed E-state index contributed by atoms with van der Waals surface area (Å²) in [5.41, 5.74) is 3.69. The van der Waals surface area contributed by atoms with Crippen molar-refractivity contribution < 1.29 is 13.2 Å². The average molecular weight is 429 g/mol. The Hall–Kier alpha value is -2.18. The summed E-state index contributed by atoms with van der Waals surface area (Å²) in [7, 11) is -3.57. The predicted octanol–water partition coefficient (Wildman–Crippen LogP) is 4.09. The van der Waals surface area contributed by atoms with Crippen LogP contribution in [0.1, 0.15) is 53.2 Å². The first-order valence-electron chi connectivity index (χ1n) is 10.7. The number of carbonyl (C=O) groups excluding carboxylic acids is 1. The maximum atomic E-state index is 13.0. The molecular formula is C24H32N2O3S. The molecule has 1 amide bonds. The van der Waals surface area contributed by atoms with Gasteiger partial charge < -0.3 is 5.32 Å². The van der Waals surface area contributed by atoms with E-state index in [9.17, 15) is 13.2 Å². The summed E-state index contributed by atoms with van der Waals surface area (Å²) in [5, 5.41) is 2.94. The fourth-order valence-electron chi connectivity index (χ4n) is 3.84. The third-order valence-corrected chi connectivity index (χ3v) is 7.74. The van der Waals surface area contributed by atoms with Crippen LogP contribution in [0.2, 0.25) is 0 Å². The van der Waals surface area contributed by atoms with E-state index in [0.717, 1.165) is 31.2 Å². The number of amides is 1. The molecule has 162 valence electrons. The highest BCUT2D eigenvalue weighted by molar-refractivity contribution is 7.89. The number of aryl methyl sites for hydroxylation is 3. The molecule has 0 spiro atoms. The summed E-state index contributed by atoms with van der Waals surface area (Å²) in [5.74, 6) is 0.330. The van der Waals surface area contributed by atoms with E-state index in [2.05, 4.69) is 37.4 Å². The van der Waals surface area contributed by atoms with Crippen molar-refractivity contribution in [1.29, 1.82) is 0 Å². The van der Waals surface area contributed by atoms with Crippen molar-refractivity contribution in [1.82, 2.24) is 9.62 Å². The number of benzene rings is 2. The van der Waals surface area contributed by atoms with Crippen molar-refractivity contribution in [2.24, 2.45) is 5.92 Å². The van der Waals surface area contributed by atoms with Gasteiger partial charge in [-0.25, -0.2) is 8.42 Å². The minimum Gasteiger partial charge on any atom is -0.352 e. The van der Waals surface area contributed by atoms with Gasteiger partial charge in [0.1, 0.15) is 0 Å². The van der Waals surface area contributed by atoms with Crippen LogP contribution in [0.15, 0.2) is 47.4 Å². The lowest BCUT2D eigenvalue weighted by molar-refractivity contribution is 0.0952. The van der Waals surface area contributed by atoms with Gasteiger partial charge in [-0.1, -0.05) is 42.8 Å². The zero-order valence-corrected chi connectivity index (χ0v) is 19.0. The van der Waals surface area contributed by atoms with Gasteiger partial charge in [0, 0.05) is 25.2 Å². The van der Waals surface area contributed by atoms with E-state index in [1.54, 1.807) is 16.4 Å². The number of hydrogen-bond donors (Lipinski definition) is 1. The first kappa shape index (κ1) is 22.5. The summed E-state index contributed by atoms with van der Waals surface area (Å²) in [6.07, 6.45) is 3.47. The number of sulfonamides is 1. The zero-order chi connectivity index (χ0) is 21.7. The Bertz CT molecular complexity index is 993. The van der Waals surface area contributed by atoms with E-state index in [1.165, 1.54) is 17.2 Å². The number of piperidine rings is 1. The number of carbonyl (C=O) groups is 1. The van der Waals surface area contributed by atoms with Crippen LogP contribution < -0.4 is 5.32 Å². The average Bonchev–Trinajstić information content (AvgIpc) is 2.71. The summed E-state index contributed by atoms with van der Waals surface area (Å²) >= 11 is 0. The van der Waals surface area contributed by atoms with Crippen molar-refractivity contribution in [2.75, 3.05) is 19.6 Å². The Morgan fingerprint density at radius 3 is 2.53 bits per heavy atom. The molecule has 30 heavy (non-hydrogen) atoms. The van der Waals surface area contributed by atoms with Gasteiger partial charge >= 0.3 is 0 Å². The van der Waals surface area contributed by atoms with E-state index in [-0.39, 0.29) is 10.8 Å².